The molecule has 8 aromatic carbocycles. The summed E-state index contributed by atoms with van der Waals surface area (Å²) < 4.78 is 11.3. The summed E-state index contributed by atoms with van der Waals surface area (Å²) in [5, 5.41) is 6.28. The molecule has 0 saturated heterocycles. The summed E-state index contributed by atoms with van der Waals surface area (Å²) in [6.45, 7) is 34.8. The van der Waals surface area contributed by atoms with Crippen molar-refractivity contribution in [3.05, 3.63) is 179 Å². The second-order valence-corrected chi connectivity index (χ2v) is 28.2. The number of aromatic nitrogens is 1. The molecule has 0 fully saturated rings. The van der Waals surface area contributed by atoms with Gasteiger partial charge < -0.3 is 18.8 Å². The Labute approximate surface area is 454 Å². The van der Waals surface area contributed by atoms with Gasteiger partial charge in [0.15, 0.2) is 5.58 Å². The molecule has 4 nitrogen and oxygen atoms in total. The fourth-order valence-corrected chi connectivity index (χ4v) is 13.6. The summed E-state index contributed by atoms with van der Waals surface area (Å²) in [4.78, 5) is 6.36. The molecule has 0 spiro atoms. The number of thiophene rings is 1. The predicted octanol–water partition coefficient (Wildman–Crippen LogP) is 18.5. The molecule has 2 aliphatic heterocycles. The maximum absolute atomic E-state index is 7.27. The topological polar surface area (TPSA) is 24.6 Å². The molecule has 3 aromatic heterocycles. The second-order valence-electron chi connectivity index (χ2n) is 27.2. The van der Waals surface area contributed by atoms with E-state index in [1.54, 1.807) is 0 Å². The molecule has 0 aliphatic carbocycles. The maximum atomic E-state index is 7.27. The summed E-state index contributed by atoms with van der Waals surface area (Å²) in [5.74, 6) is 0. The number of fused-ring (bicyclic) bond motifs is 12. The number of anilines is 6. The fourth-order valence-electron chi connectivity index (χ4n) is 12.3. The van der Waals surface area contributed by atoms with Crippen LogP contribution in [0.5, 0.6) is 0 Å². The lowest BCUT2D eigenvalue weighted by Gasteiger charge is -2.42. The van der Waals surface area contributed by atoms with E-state index in [9.17, 15) is 0 Å². The van der Waals surface area contributed by atoms with Crippen LogP contribution in [0.2, 0.25) is 0 Å². The maximum Gasteiger partial charge on any atom is 0.252 e. The van der Waals surface area contributed by atoms with Gasteiger partial charge in [0.2, 0.25) is 0 Å². The minimum absolute atomic E-state index is 0.0198. The van der Waals surface area contributed by atoms with Crippen LogP contribution in [0.3, 0.4) is 0 Å². The van der Waals surface area contributed by atoms with Gasteiger partial charge >= 0.3 is 0 Å². The Morgan fingerprint density at radius 3 is 1.62 bits per heavy atom. The van der Waals surface area contributed by atoms with Gasteiger partial charge in [0.25, 0.3) is 6.71 Å². The minimum atomic E-state index is -0.166. The molecule has 0 bridgehead atoms. The van der Waals surface area contributed by atoms with E-state index in [4.69, 9.17) is 4.42 Å². The summed E-state index contributed by atoms with van der Waals surface area (Å²) in [7, 11) is 0. The van der Waals surface area contributed by atoms with E-state index in [2.05, 4.69) is 270 Å². The Balaban J connectivity index is 1.16. The summed E-state index contributed by atoms with van der Waals surface area (Å²) in [6, 6.07) is 58.6. The molecule has 5 heterocycles. The molecule has 0 saturated carbocycles. The van der Waals surface area contributed by atoms with Crippen LogP contribution in [-0.4, -0.2) is 11.3 Å². The second kappa shape index (κ2) is 16.3. The largest absolute Gasteiger partial charge is 0.454 e. The van der Waals surface area contributed by atoms with Crippen LogP contribution in [0.1, 0.15) is 132 Å². The van der Waals surface area contributed by atoms with Crippen LogP contribution in [-0.2, 0) is 27.1 Å². The zero-order valence-electron chi connectivity index (χ0n) is 47.2. The van der Waals surface area contributed by atoms with Crippen LogP contribution in [0, 0.1) is 0 Å². The first-order valence-electron chi connectivity index (χ1n) is 27.4. The van der Waals surface area contributed by atoms with Crippen molar-refractivity contribution in [2.24, 2.45) is 0 Å². The van der Waals surface area contributed by atoms with Gasteiger partial charge in [-0.15, -0.1) is 11.3 Å². The zero-order chi connectivity index (χ0) is 53.3. The highest BCUT2D eigenvalue weighted by molar-refractivity contribution is 7.26. The van der Waals surface area contributed by atoms with E-state index < -0.39 is 0 Å². The molecule has 13 rings (SSSR count). The van der Waals surface area contributed by atoms with Gasteiger partial charge in [-0.3, -0.25) is 0 Å². The van der Waals surface area contributed by atoms with Crippen molar-refractivity contribution >= 4 is 122 Å². The summed E-state index contributed by atoms with van der Waals surface area (Å²) in [6.07, 6.45) is 0. The third kappa shape index (κ3) is 7.44. The molecule has 0 radical (unpaired) electrons. The van der Waals surface area contributed by atoms with E-state index in [1.807, 2.05) is 11.3 Å². The van der Waals surface area contributed by atoms with Crippen molar-refractivity contribution in [3.8, 4) is 5.69 Å². The molecule has 76 heavy (non-hydrogen) atoms. The highest BCUT2D eigenvalue weighted by Crippen LogP contribution is 2.51. The van der Waals surface area contributed by atoms with Gasteiger partial charge in [-0.25, -0.2) is 0 Å². The van der Waals surface area contributed by atoms with Gasteiger partial charge in [0.05, 0.1) is 11.2 Å². The molecule has 11 aromatic rings. The van der Waals surface area contributed by atoms with Crippen molar-refractivity contribution in [2.75, 3.05) is 9.80 Å². The average molecular weight is 1010 g/mol. The monoisotopic (exact) mass is 1010 g/mol. The molecule has 380 valence electrons. The molecule has 6 heteroatoms. The Kier molecular flexibility index (Phi) is 10.4. The molecule has 0 N–H and O–H groups in total. The van der Waals surface area contributed by atoms with Crippen LogP contribution in [0.4, 0.5) is 34.1 Å². The van der Waals surface area contributed by atoms with Crippen LogP contribution >= 0.6 is 11.3 Å². The number of rotatable bonds is 4. The molecule has 0 unspecified atom stereocenters. The third-order valence-corrected chi connectivity index (χ3v) is 17.9. The summed E-state index contributed by atoms with van der Waals surface area (Å²) in [5.41, 5.74) is 21.4. The SMILES string of the molecule is CC(C)(C)c1ccc(N(c2ccc(C(C)(C)C)cc2)c2ccc3c(c2)N(c2cccc4c2oc2cc(C(C)(C)C)ccc24)c2cc(C(C)(C)C)cc4c2B3c2cc(C(C)(C)C)cc3c5c6ccccc6sc5n-4c23)cc1. The third-order valence-electron chi connectivity index (χ3n) is 16.8. The number of hydrogen-bond donors (Lipinski definition) is 0. The quantitative estimate of drug-likeness (QED) is 0.164. The van der Waals surface area contributed by atoms with Gasteiger partial charge in [-0.1, -0.05) is 183 Å². The number of furan rings is 1. The normalized spacial score (nSPS) is 13.9. The van der Waals surface area contributed by atoms with E-state index in [1.165, 1.54) is 86.8 Å². The standard InChI is InChI=1S/C70H70BN3OS/c1-66(2,3)41-23-28-46(29-24-41)72(47-30-25-42(26-31-47)67(4,5)6)48-32-34-53-56(40-48)73(55-21-18-20-50-49-33-27-43(68(7,8)9)39-59(49)75-64(50)55)57-37-45(70(13,14)15)38-58-62(57)71(53)54-36-44(69(10,11)12)35-52-61-51-19-16-17-22-60(51)76-65(61)74(58)63(52)54/h16-40H,1-15H3. The van der Waals surface area contributed by atoms with E-state index in [0.29, 0.717) is 0 Å². The van der Waals surface area contributed by atoms with Gasteiger partial charge in [0, 0.05) is 65.8 Å². The van der Waals surface area contributed by atoms with E-state index in [-0.39, 0.29) is 33.8 Å². The van der Waals surface area contributed by atoms with Crippen molar-refractivity contribution < 1.29 is 4.42 Å². The van der Waals surface area contributed by atoms with E-state index >= 15 is 0 Å². The molecular formula is C70H70BN3OS. The lowest BCUT2D eigenvalue weighted by atomic mass is 9.33. The van der Waals surface area contributed by atoms with E-state index in [0.717, 1.165) is 50.4 Å². The van der Waals surface area contributed by atoms with Crippen molar-refractivity contribution in [1.29, 1.82) is 0 Å². The Bertz CT molecular complexity index is 4130. The lowest BCUT2D eigenvalue weighted by Crippen LogP contribution is -2.60. The Hall–Kier alpha value is -7.02. The Morgan fingerprint density at radius 2 is 0.987 bits per heavy atom. The first-order chi connectivity index (χ1) is 35.8. The van der Waals surface area contributed by atoms with Crippen LogP contribution in [0.25, 0.3) is 58.8 Å². The number of para-hydroxylation sites is 1. The number of hydrogen-bond acceptors (Lipinski definition) is 4. The highest BCUT2D eigenvalue weighted by Gasteiger charge is 2.45. The fraction of sp³-hybridized carbons (Fsp3) is 0.286. The van der Waals surface area contributed by atoms with Crippen LogP contribution < -0.4 is 26.2 Å². The van der Waals surface area contributed by atoms with Crippen molar-refractivity contribution in [3.63, 3.8) is 0 Å². The van der Waals surface area contributed by atoms with Crippen molar-refractivity contribution in [2.45, 2.75) is 131 Å². The first kappa shape index (κ1) is 48.6. The first-order valence-corrected chi connectivity index (χ1v) is 28.3. The molecular weight excluding hydrogens is 942 g/mol. The zero-order valence-corrected chi connectivity index (χ0v) is 48.0. The van der Waals surface area contributed by atoms with Gasteiger partial charge in [0.1, 0.15) is 10.4 Å². The molecule has 0 atom stereocenters. The number of benzene rings is 8. The molecule has 2 aliphatic rings. The average Bonchev–Trinajstić information content (AvgIpc) is 4.19. The smallest absolute Gasteiger partial charge is 0.252 e. The predicted molar refractivity (Wildman–Crippen MR) is 331 cm³/mol. The highest BCUT2D eigenvalue weighted by atomic mass is 32.1. The summed E-state index contributed by atoms with van der Waals surface area (Å²) >= 11 is 1.93. The Morgan fingerprint density at radius 1 is 0.421 bits per heavy atom. The van der Waals surface area contributed by atoms with Crippen LogP contribution in [0.15, 0.2) is 156 Å². The van der Waals surface area contributed by atoms with Crippen molar-refractivity contribution in [1.82, 2.24) is 4.57 Å². The molecule has 0 amide bonds. The lowest BCUT2D eigenvalue weighted by molar-refractivity contribution is 0.587. The van der Waals surface area contributed by atoms with Gasteiger partial charge in [-0.2, -0.15) is 0 Å². The minimum Gasteiger partial charge on any atom is -0.454 e. The number of nitrogens with zero attached hydrogens (tertiary/aromatic N) is 3. The van der Waals surface area contributed by atoms with Gasteiger partial charge in [-0.05, 0) is 144 Å².